The maximum absolute atomic E-state index is 10.7. The number of rotatable bonds is 8. The van der Waals surface area contributed by atoms with Crippen LogP contribution in [0.3, 0.4) is 0 Å². The first-order chi connectivity index (χ1) is 10.2. The first-order valence-corrected chi connectivity index (χ1v) is 6.94. The predicted octanol–water partition coefficient (Wildman–Crippen LogP) is 2.59. The zero-order chi connectivity index (χ0) is 15.1. The first kappa shape index (κ1) is 15.1. The minimum Gasteiger partial charge on any atom is -0.478 e. The lowest BCUT2D eigenvalue weighted by molar-refractivity contribution is 0.0696. The highest BCUT2D eigenvalue weighted by Gasteiger charge is 2.07. The Balaban J connectivity index is 1.64. The molecule has 5 nitrogen and oxygen atoms in total. The molecule has 2 aromatic rings. The van der Waals surface area contributed by atoms with Crippen LogP contribution in [-0.2, 0) is 6.54 Å². The summed E-state index contributed by atoms with van der Waals surface area (Å²) in [5.41, 5.74) is 1.39. The van der Waals surface area contributed by atoms with Gasteiger partial charge < -0.3 is 19.7 Å². The number of carbonyl (C=O) groups is 1. The fourth-order valence-corrected chi connectivity index (χ4v) is 2.05. The third kappa shape index (κ3) is 4.65. The van der Waals surface area contributed by atoms with Crippen molar-refractivity contribution in [2.75, 3.05) is 25.0 Å². The van der Waals surface area contributed by atoms with Gasteiger partial charge in [-0.2, -0.15) is 0 Å². The second-order valence-electron chi connectivity index (χ2n) is 4.89. The van der Waals surface area contributed by atoms with Crippen LogP contribution in [0.25, 0.3) is 0 Å². The molecule has 1 heterocycles. The van der Waals surface area contributed by atoms with Crippen LogP contribution in [0.15, 0.2) is 47.1 Å². The average Bonchev–Trinajstić information content (AvgIpc) is 2.97. The van der Waals surface area contributed by atoms with Gasteiger partial charge in [0.15, 0.2) is 0 Å². The number of carboxylic acids is 1. The summed E-state index contributed by atoms with van der Waals surface area (Å²) >= 11 is 0. The van der Waals surface area contributed by atoms with E-state index in [0.717, 1.165) is 19.5 Å². The molecule has 0 amide bonds. The lowest BCUT2D eigenvalue weighted by Crippen LogP contribution is -2.23. The number of benzene rings is 1. The van der Waals surface area contributed by atoms with Crippen LogP contribution in [0, 0.1) is 0 Å². The fourth-order valence-electron chi connectivity index (χ4n) is 2.05. The highest BCUT2D eigenvalue weighted by atomic mass is 16.4. The summed E-state index contributed by atoms with van der Waals surface area (Å²) in [5.74, 6) is -0.321. The molecule has 2 rings (SSSR count). The Bertz CT molecular complexity index is 566. The van der Waals surface area contributed by atoms with Crippen LogP contribution >= 0.6 is 0 Å². The Labute approximate surface area is 124 Å². The van der Waals surface area contributed by atoms with Gasteiger partial charge in [-0.1, -0.05) is 18.2 Å². The highest BCUT2D eigenvalue weighted by Crippen LogP contribution is 2.11. The van der Waals surface area contributed by atoms with Crippen molar-refractivity contribution in [2.45, 2.75) is 13.0 Å². The number of hydrogen-bond donors (Lipinski definition) is 2. The zero-order valence-electron chi connectivity index (χ0n) is 12.1. The molecule has 112 valence electrons. The second-order valence-corrected chi connectivity index (χ2v) is 4.89. The number of hydrogen-bond acceptors (Lipinski definition) is 4. The number of aromatic carboxylic acids is 1. The Morgan fingerprint density at radius 2 is 2.10 bits per heavy atom. The predicted molar refractivity (Wildman–Crippen MR) is 81.7 cm³/mol. The molecule has 2 N–H and O–H groups in total. The minimum absolute atomic E-state index is 0.190. The van der Waals surface area contributed by atoms with E-state index in [-0.39, 0.29) is 5.56 Å². The molecule has 21 heavy (non-hydrogen) atoms. The van der Waals surface area contributed by atoms with Gasteiger partial charge in [-0.05, 0) is 31.2 Å². The molecule has 1 aromatic heterocycles. The van der Waals surface area contributed by atoms with Gasteiger partial charge in [-0.15, -0.1) is 0 Å². The van der Waals surface area contributed by atoms with E-state index in [0.29, 0.717) is 12.3 Å². The van der Waals surface area contributed by atoms with Gasteiger partial charge in [0.2, 0.25) is 0 Å². The van der Waals surface area contributed by atoms with E-state index in [4.69, 9.17) is 9.52 Å². The number of para-hydroxylation sites is 1. The van der Waals surface area contributed by atoms with Crippen LogP contribution in [0.2, 0.25) is 0 Å². The van der Waals surface area contributed by atoms with E-state index in [2.05, 4.69) is 29.4 Å². The van der Waals surface area contributed by atoms with Crippen molar-refractivity contribution in [2.24, 2.45) is 0 Å². The van der Waals surface area contributed by atoms with Crippen molar-refractivity contribution in [1.29, 1.82) is 0 Å². The quantitative estimate of drug-likeness (QED) is 0.731. The third-order valence-electron chi connectivity index (χ3n) is 3.24. The number of nitrogens with zero attached hydrogens (tertiary/aromatic N) is 1. The summed E-state index contributed by atoms with van der Waals surface area (Å²) in [4.78, 5) is 12.9. The van der Waals surface area contributed by atoms with E-state index < -0.39 is 5.97 Å². The van der Waals surface area contributed by atoms with Crippen LogP contribution in [0.1, 0.15) is 22.5 Å². The number of furan rings is 1. The van der Waals surface area contributed by atoms with E-state index >= 15 is 0 Å². The summed E-state index contributed by atoms with van der Waals surface area (Å²) in [7, 11) is 2.07. The monoisotopic (exact) mass is 288 g/mol. The number of nitrogens with one attached hydrogen (secondary N) is 1. The van der Waals surface area contributed by atoms with Crippen molar-refractivity contribution in [3.05, 3.63) is 54.0 Å². The molecular weight excluding hydrogens is 268 g/mol. The molecule has 0 atom stereocenters. The summed E-state index contributed by atoms with van der Waals surface area (Å²) in [6.07, 6.45) is 2.26. The summed E-state index contributed by atoms with van der Waals surface area (Å²) in [6, 6.07) is 11.8. The van der Waals surface area contributed by atoms with Gasteiger partial charge in [-0.25, -0.2) is 4.79 Å². The molecule has 0 aliphatic heterocycles. The first-order valence-electron chi connectivity index (χ1n) is 6.94. The van der Waals surface area contributed by atoms with Crippen LogP contribution in [-0.4, -0.2) is 31.2 Å². The van der Waals surface area contributed by atoms with E-state index in [1.165, 1.54) is 12.0 Å². The maximum Gasteiger partial charge on any atom is 0.338 e. The van der Waals surface area contributed by atoms with Gasteiger partial charge in [0, 0.05) is 19.3 Å². The van der Waals surface area contributed by atoms with Gasteiger partial charge in [-0.3, -0.25) is 0 Å². The topological polar surface area (TPSA) is 65.7 Å². The Kier molecular flexibility index (Phi) is 5.40. The van der Waals surface area contributed by atoms with Gasteiger partial charge in [0.05, 0.1) is 12.1 Å². The van der Waals surface area contributed by atoms with Crippen LogP contribution < -0.4 is 10.2 Å². The molecule has 0 unspecified atom stereocenters. The molecule has 5 heteroatoms. The van der Waals surface area contributed by atoms with Crippen LogP contribution in [0.4, 0.5) is 5.69 Å². The Morgan fingerprint density at radius 1 is 1.33 bits per heavy atom. The third-order valence-corrected chi connectivity index (χ3v) is 3.24. The number of anilines is 1. The molecular formula is C16H20N2O3. The van der Waals surface area contributed by atoms with Crippen molar-refractivity contribution in [3.63, 3.8) is 0 Å². The van der Waals surface area contributed by atoms with Crippen molar-refractivity contribution in [1.82, 2.24) is 5.32 Å². The molecule has 0 saturated heterocycles. The molecule has 0 saturated carbocycles. The Hall–Kier alpha value is -2.27. The zero-order valence-corrected chi connectivity index (χ0v) is 12.1. The van der Waals surface area contributed by atoms with E-state index in [1.54, 1.807) is 6.07 Å². The molecule has 0 spiro atoms. The van der Waals surface area contributed by atoms with Gasteiger partial charge >= 0.3 is 5.97 Å². The smallest absolute Gasteiger partial charge is 0.338 e. The van der Waals surface area contributed by atoms with Crippen molar-refractivity contribution >= 4 is 11.7 Å². The lowest BCUT2D eigenvalue weighted by Gasteiger charge is -2.19. The lowest BCUT2D eigenvalue weighted by atomic mass is 10.3. The fraction of sp³-hybridized carbons (Fsp3) is 0.312. The molecule has 0 fully saturated rings. The van der Waals surface area contributed by atoms with E-state index in [1.807, 2.05) is 18.2 Å². The Morgan fingerprint density at radius 3 is 2.76 bits per heavy atom. The molecule has 1 aromatic carbocycles. The minimum atomic E-state index is -0.963. The van der Waals surface area contributed by atoms with Crippen molar-refractivity contribution < 1.29 is 14.3 Å². The summed E-state index contributed by atoms with van der Waals surface area (Å²) in [6.45, 7) is 2.35. The molecule has 0 bridgehead atoms. The summed E-state index contributed by atoms with van der Waals surface area (Å²) in [5, 5.41) is 12.0. The van der Waals surface area contributed by atoms with Crippen molar-refractivity contribution in [3.8, 4) is 0 Å². The number of carboxylic acid groups (broad SMARTS) is 1. The van der Waals surface area contributed by atoms with Gasteiger partial charge in [0.1, 0.15) is 12.0 Å². The average molecular weight is 288 g/mol. The largest absolute Gasteiger partial charge is 0.478 e. The molecule has 0 radical (unpaired) electrons. The second kappa shape index (κ2) is 7.50. The molecule has 0 aliphatic carbocycles. The SMILES string of the molecule is CN(CCCNCc1cc(C(=O)O)co1)c1ccccc1. The van der Waals surface area contributed by atoms with Gasteiger partial charge in [0.25, 0.3) is 0 Å². The van der Waals surface area contributed by atoms with Crippen LogP contribution in [0.5, 0.6) is 0 Å². The van der Waals surface area contributed by atoms with E-state index in [9.17, 15) is 4.79 Å². The highest BCUT2D eigenvalue weighted by molar-refractivity contribution is 5.87. The summed E-state index contributed by atoms with van der Waals surface area (Å²) < 4.78 is 5.17. The standard InChI is InChI=1S/C16H20N2O3/c1-18(14-6-3-2-4-7-14)9-5-8-17-11-15-10-13(12-21-15)16(19)20/h2-4,6-7,10,12,17H,5,8-9,11H2,1H3,(H,19,20). The maximum atomic E-state index is 10.7. The normalized spacial score (nSPS) is 10.5. The molecule has 0 aliphatic rings.